The van der Waals surface area contributed by atoms with Gasteiger partial charge in [0, 0.05) is 27.2 Å². The summed E-state index contributed by atoms with van der Waals surface area (Å²) in [5.41, 5.74) is 5.40. The highest BCUT2D eigenvalue weighted by atomic mass is 16.2. The van der Waals surface area contributed by atoms with Gasteiger partial charge in [0.15, 0.2) is 0 Å². The van der Waals surface area contributed by atoms with Crippen LogP contribution in [0.3, 0.4) is 0 Å². The van der Waals surface area contributed by atoms with Crippen molar-refractivity contribution in [3.05, 3.63) is 0 Å². The molecule has 1 fully saturated rings. The molecule has 0 aromatic rings. The molecule has 0 aliphatic heterocycles. The fourth-order valence-corrected chi connectivity index (χ4v) is 2.87. The molecule has 1 saturated carbocycles. The van der Waals surface area contributed by atoms with Gasteiger partial charge in [0.05, 0.1) is 12.0 Å². The monoisotopic (exact) mass is 269 g/mol. The second-order valence-corrected chi connectivity index (χ2v) is 6.01. The molecule has 5 nitrogen and oxygen atoms in total. The van der Waals surface area contributed by atoms with E-state index in [0.717, 1.165) is 19.3 Å². The quantitative estimate of drug-likeness (QED) is 0.771. The molecule has 0 aromatic carbocycles. The minimum atomic E-state index is -0.415. The standard InChI is InChI=1S/C14H27N3O2/c1-5-6-17(9-12(18)16(3)4)13(19)14(10-15)7-11(2)8-14/h11H,5-10,15H2,1-4H3. The average molecular weight is 269 g/mol. The Kier molecular flexibility index (Phi) is 5.35. The Balaban J connectivity index is 2.75. The number of rotatable bonds is 6. The lowest BCUT2D eigenvalue weighted by molar-refractivity contribution is -0.153. The second-order valence-electron chi connectivity index (χ2n) is 6.01. The third-order valence-electron chi connectivity index (χ3n) is 3.93. The average Bonchev–Trinajstić information content (AvgIpc) is 2.33. The first kappa shape index (κ1) is 16.0. The molecule has 1 aliphatic rings. The molecule has 0 atom stereocenters. The van der Waals surface area contributed by atoms with Crippen molar-refractivity contribution in [2.24, 2.45) is 17.1 Å². The van der Waals surface area contributed by atoms with Crippen LogP contribution in [0.15, 0.2) is 0 Å². The van der Waals surface area contributed by atoms with E-state index in [1.807, 2.05) is 6.92 Å². The molecule has 1 rings (SSSR count). The van der Waals surface area contributed by atoms with Crippen LogP contribution in [-0.4, -0.2) is 55.3 Å². The summed E-state index contributed by atoms with van der Waals surface area (Å²) in [5.74, 6) is 0.576. The number of nitrogens with zero attached hydrogens (tertiary/aromatic N) is 2. The van der Waals surface area contributed by atoms with Gasteiger partial charge in [-0.3, -0.25) is 9.59 Å². The molecule has 19 heavy (non-hydrogen) atoms. The minimum absolute atomic E-state index is 0.0404. The van der Waals surface area contributed by atoms with E-state index in [-0.39, 0.29) is 18.4 Å². The Morgan fingerprint density at radius 1 is 1.32 bits per heavy atom. The fourth-order valence-electron chi connectivity index (χ4n) is 2.87. The minimum Gasteiger partial charge on any atom is -0.347 e. The largest absolute Gasteiger partial charge is 0.347 e. The second kappa shape index (κ2) is 6.37. The Morgan fingerprint density at radius 2 is 1.89 bits per heavy atom. The predicted octanol–water partition coefficient (Wildman–Crippen LogP) is 0.688. The third kappa shape index (κ3) is 3.47. The van der Waals surface area contributed by atoms with Gasteiger partial charge in [0.1, 0.15) is 0 Å². The Bertz CT molecular complexity index is 336. The SMILES string of the molecule is CCCN(CC(=O)N(C)C)C(=O)C1(CN)CC(C)C1. The predicted molar refractivity (Wildman–Crippen MR) is 75.5 cm³/mol. The van der Waals surface area contributed by atoms with Gasteiger partial charge < -0.3 is 15.5 Å². The van der Waals surface area contributed by atoms with Crippen molar-refractivity contribution in [3.8, 4) is 0 Å². The van der Waals surface area contributed by atoms with Crippen LogP contribution in [-0.2, 0) is 9.59 Å². The van der Waals surface area contributed by atoms with E-state index in [1.54, 1.807) is 19.0 Å². The molecule has 0 saturated heterocycles. The van der Waals surface area contributed by atoms with Crippen molar-refractivity contribution >= 4 is 11.8 Å². The maximum Gasteiger partial charge on any atom is 0.241 e. The topological polar surface area (TPSA) is 66.6 Å². The number of nitrogens with two attached hydrogens (primary N) is 1. The highest BCUT2D eigenvalue weighted by Gasteiger charge is 2.49. The zero-order valence-electron chi connectivity index (χ0n) is 12.6. The molecule has 5 heteroatoms. The maximum absolute atomic E-state index is 12.6. The summed E-state index contributed by atoms with van der Waals surface area (Å²) >= 11 is 0. The van der Waals surface area contributed by atoms with Crippen LogP contribution in [0.2, 0.25) is 0 Å². The van der Waals surface area contributed by atoms with Gasteiger partial charge >= 0.3 is 0 Å². The zero-order chi connectivity index (χ0) is 14.6. The maximum atomic E-state index is 12.6. The van der Waals surface area contributed by atoms with Crippen molar-refractivity contribution in [2.45, 2.75) is 33.1 Å². The van der Waals surface area contributed by atoms with Crippen molar-refractivity contribution in [3.63, 3.8) is 0 Å². The van der Waals surface area contributed by atoms with E-state index >= 15 is 0 Å². The molecule has 0 unspecified atom stereocenters. The Labute approximate surface area is 116 Å². The van der Waals surface area contributed by atoms with Crippen LogP contribution in [0.1, 0.15) is 33.1 Å². The highest BCUT2D eigenvalue weighted by molar-refractivity contribution is 5.88. The Morgan fingerprint density at radius 3 is 2.26 bits per heavy atom. The summed E-state index contributed by atoms with van der Waals surface area (Å²) in [6.45, 7) is 5.31. The molecule has 2 N–H and O–H groups in total. The first-order valence-electron chi connectivity index (χ1n) is 7.06. The molecular weight excluding hydrogens is 242 g/mol. The number of hydrogen-bond acceptors (Lipinski definition) is 3. The highest BCUT2D eigenvalue weighted by Crippen LogP contribution is 2.45. The smallest absolute Gasteiger partial charge is 0.241 e. The van der Waals surface area contributed by atoms with Gasteiger partial charge in [0.25, 0.3) is 0 Å². The van der Waals surface area contributed by atoms with Gasteiger partial charge in [-0.15, -0.1) is 0 Å². The Hall–Kier alpha value is -1.10. The van der Waals surface area contributed by atoms with Crippen LogP contribution in [0.4, 0.5) is 0 Å². The van der Waals surface area contributed by atoms with Crippen LogP contribution in [0.5, 0.6) is 0 Å². The summed E-state index contributed by atoms with van der Waals surface area (Å²) in [6, 6.07) is 0. The van der Waals surface area contributed by atoms with Gasteiger partial charge in [-0.05, 0) is 25.2 Å². The summed E-state index contributed by atoms with van der Waals surface area (Å²) in [7, 11) is 3.42. The summed E-state index contributed by atoms with van der Waals surface area (Å²) in [5, 5.41) is 0. The van der Waals surface area contributed by atoms with Crippen molar-refractivity contribution < 1.29 is 9.59 Å². The van der Waals surface area contributed by atoms with Crippen LogP contribution < -0.4 is 5.73 Å². The molecule has 0 radical (unpaired) electrons. The summed E-state index contributed by atoms with van der Waals surface area (Å²) in [4.78, 5) is 27.7. The van der Waals surface area contributed by atoms with Crippen molar-refractivity contribution in [1.82, 2.24) is 9.80 Å². The first-order valence-corrected chi connectivity index (χ1v) is 7.06. The summed E-state index contributed by atoms with van der Waals surface area (Å²) < 4.78 is 0. The van der Waals surface area contributed by atoms with E-state index < -0.39 is 5.41 Å². The molecule has 0 aromatic heterocycles. The molecule has 1 aliphatic carbocycles. The van der Waals surface area contributed by atoms with E-state index in [0.29, 0.717) is 19.0 Å². The first-order chi connectivity index (χ1) is 8.86. The summed E-state index contributed by atoms with van der Waals surface area (Å²) in [6.07, 6.45) is 2.54. The van der Waals surface area contributed by atoms with Gasteiger partial charge in [-0.25, -0.2) is 0 Å². The zero-order valence-corrected chi connectivity index (χ0v) is 12.6. The lowest BCUT2D eigenvalue weighted by atomic mass is 9.62. The third-order valence-corrected chi connectivity index (χ3v) is 3.93. The van der Waals surface area contributed by atoms with E-state index in [4.69, 9.17) is 5.73 Å². The van der Waals surface area contributed by atoms with Gasteiger partial charge in [0.2, 0.25) is 11.8 Å². The van der Waals surface area contributed by atoms with E-state index in [1.165, 1.54) is 4.90 Å². The number of likely N-dealkylation sites (N-methyl/N-ethyl adjacent to an activating group) is 1. The van der Waals surface area contributed by atoms with E-state index in [9.17, 15) is 9.59 Å². The molecule has 0 bridgehead atoms. The fraction of sp³-hybridized carbons (Fsp3) is 0.857. The lowest BCUT2D eigenvalue weighted by Crippen LogP contribution is -2.56. The molecular formula is C14H27N3O2. The van der Waals surface area contributed by atoms with Gasteiger partial charge in [-0.1, -0.05) is 13.8 Å². The molecule has 0 spiro atoms. The van der Waals surface area contributed by atoms with Crippen LogP contribution >= 0.6 is 0 Å². The van der Waals surface area contributed by atoms with Crippen molar-refractivity contribution in [2.75, 3.05) is 33.7 Å². The normalized spacial score (nSPS) is 25.6. The molecule has 110 valence electrons. The number of carbonyl (C=O) groups excluding carboxylic acids is 2. The lowest BCUT2D eigenvalue weighted by Gasteiger charge is -2.46. The van der Waals surface area contributed by atoms with Crippen molar-refractivity contribution in [1.29, 1.82) is 0 Å². The van der Waals surface area contributed by atoms with Gasteiger partial charge in [-0.2, -0.15) is 0 Å². The molecule has 2 amide bonds. The van der Waals surface area contributed by atoms with E-state index in [2.05, 4.69) is 6.92 Å². The number of hydrogen-bond donors (Lipinski definition) is 1. The van der Waals surface area contributed by atoms with Crippen LogP contribution in [0.25, 0.3) is 0 Å². The number of carbonyl (C=O) groups is 2. The van der Waals surface area contributed by atoms with Crippen LogP contribution in [0, 0.1) is 11.3 Å². The molecule has 0 heterocycles. The number of amides is 2.